The molecule has 1 aromatic carbocycles. The second kappa shape index (κ2) is 5.28. The maximum Gasteiger partial charge on any atom is 0.212 e. The summed E-state index contributed by atoms with van der Waals surface area (Å²) in [4.78, 5) is 6.16. The molecule has 0 spiro atoms. The molecule has 0 aliphatic rings. The minimum atomic E-state index is -0.279. The molecule has 7 heteroatoms. The van der Waals surface area contributed by atoms with Crippen LogP contribution >= 0.6 is 22.7 Å². The zero-order valence-corrected chi connectivity index (χ0v) is 12.9. The Morgan fingerprint density at radius 1 is 1.23 bits per heavy atom. The van der Waals surface area contributed by atoms with Gasteiger partial charge in [-0.25, -0.2) is 13.9 Å². The van der Waals surface area contributed by atoms with Crippen molar-refractivity contribution in [3.8, 4) is 11.3 Å². The van der Waals surface area contributed by atoms with Crippen molar-refractivity contribution in [2.24, 2.45) is 5.73 Å². The molecule has 0 amide bonds. The summed E-state index contributed by atoms with van der Waals surface area (Å²) in [5, 5.41) is 7.35. The lowest BCUT2D eigenvalue weighted by molar-refractivity contribution is 0.628. The van der Waals surface area contributed by atoms with E-state index in [4.69, 9.17) is 5.73 Å². The highest BCUT2D eigenvalue weighted by molar-refractivity contribution is 7.17. The molecule has 0 saturated carbocycles. The van der Waals surface area contributed by atoms with Crippen molar-refractivity contribution in [3.63, 3.8) is 0 Å². The number of halogens is 1. The third kappa shape index (κ3) is 2.23. The quantitative estimate of drug-likeness (QED) is 0.623. The Morgan fingerprint density at radius 2 is 2.14 bits per heavy atom. The number of fused-ring (bicyclic) bond motifs is 1. The van der Waals surface area contributed by atoms with Gasteiger partial charge in [0, 0.05) is 10.4 Å². The number of thiophene rings is 1. The van der Waals surface area contributed by atoms with Crippen LogP contribution in [0.5, 0.6) is 0 Å². The lowest BCUT2D eigenvalue weighted by Gasteiger charge is -2.04. The molecule has 1 unspecified atom stereocenters. The van der Waals surface area contributed by atoms with E-state index in [9.17, 15) is 4.39 Å². The maximum absolute atomic E-state index is 13.4. The van der Waals surface area contributed by atoms with Gasteiger partial charge in [-0.1, -0.05) is 29.5 Å². The highest BCUT2D eigenvalue weighted by atomic mass is 32.1. The highest BCUT2D eigenvalue weighted by Gasteiger charge is 2.18. The van der Waals surface area contributed by atoms with Crippen molar-refractivity contribution in [3.05, 3.63) is 63.7 Å². The van der Waals surface area contributed by atoms with Crippen molar-refractivity contribution in [1.29, 1.82) is 0 Å². The van der Waals surface area contributed by atoms with Crippen molar-refractivity contribution in [2.75, 3.05) is 0 Å². The molecule has 3 aromatic heterocycles. The molecular weight excluding hydrogens is 319 g/mol. The number of imidazole rings is 1. The van der Waals surface area contributed by atoms with Gasteiger partial charge in [0.2, 0.25) is 4.96 Å². The second-order valence-corrected chi connectivity index (χ2v) is 6.75. The van der Waals surface area contributed by atoms with Gasteiger partial charge in [-0.2, -0.15) is 5.10 Å². The predicted octanol–water partition coefficient (Wildman–Crippen LogP) is 3.71. The van der Waals surface area contributed by atoms with Crippen molar-refractivity contribution < 1.29 is 4.39 Å². The number of nitrogens with two attached hydrogens (primary N) is 1. The summed E-state index contributed by atoms with van der Waals surface area (Å²) in [5.74, 6) is -0.279. The third-order valence-corrected chi connectivity index (χ3v) is 5.30. The molecule has 4 aromatic rings. The van der Waals surface area contributed by atoms with Gasteiger partial charge in [-0.3, -0.25) is 0 Å². The van der Waals surface area contributed by atoms with E-state index in [2.05, 4.69) is 10.1 Å². The van der Waals surface area contributed by atoms with E-state index in [-0.39, 0.29) is 11.9 Å². The number of nitrogens with zero attached hydrogens (tertiary/aromatic N) is 3. The summed E-state index contributed by atoms with van der Waals surface area (Å²) in [6.45, 7) is 0. The fraction of sp³-hybridized carbons (Fsp3) is 0.0667. The van der Waals surface area contributed by atoms with Gasteiger partial charge in [0.1, 0.15) is 10.8 Å². The van der Waals surface area contributed by atoms with Crippen molar-refractivity contribution >= 4 is 27.6 Å². The molecule has 0 bridgehead atoms. The molecule has 110 valence electrons. The van der Waals surface area contributed by atoms with Gasteiger partial charge in [0.05, 0.1) is 17.9 Å². The molecule has 22 heavy (non-hydrogen) atoms. The third-order valence-electron chi connectivity index (χ3n) is 3.34. The van der Waals surface area contributed by atoms with Gasteiger partial charge >= 0.3 is 0 Å². The topological polar surface area (TPSA) is 56.2 Å². The highest BCUT2D eigenvalue weighted by Crippen LogP contribution is 2.30. The molecule has 0 aliphatic carbocycles. The first-order chi connectivity index (χ1) is 10.7. The first-order valence-corrected chi connectivity index (χ1v) is 8.31. The van der Waals surface area contributed by atoms with Gasteiger partial charge in [-0.05, 0) is 23.6 Å². The average molecular weight is 330 g/mol. The smallest absolute Gasteiger partial charge is 0.212 e. The number of hydrogen-bond donors (Lipinski definition) is 1. The molecule has 3 heterocycles. The Morgan fingerprint density at radius 3 is 2.91 bits per heavy atom. The van der Waals surface area contributed by atoms with Crippen molar-refractivity contribution in [2.45, 2.75) is 6.04 Å². The maximum atomic E-state index is 13.4. The van der Waals surface area contributed by atoms with Crippen LogP contribution in [0.1, 0.15) is 15.9 Å². The fourth-order valence-corrected chi connectivity index (χ4v) is 3.97. The zero-order chi connectivity index (χ0) is 15.1. The predicted molar refractivity (Wildman–Crippen MR) is 86.6 cm³/mol. The Labute approximate surface area is 133 Å². The molecule has 1 atom stereocenters. The molecule has 0 radical (unpaired) electrons. The van der Waals surface area contributed by atoms with Gasteiger partial charge < -0.3 is 5.73 Å². The van der Waals surface area contributed by atoms with Gasteiger partial charge in [0.25, 0.3) is 0 Å². The molecule has 2 N–H and O–H groups in total. The van der Waals surface area contributed by atoms with Crippen LogP contribution in [-0.2, 0) is 0 Å². The van der Waals surface area contributed by atoms with Crippen LogP contribution < -0.4 is 5.73 Å². The van der Waals surface area contributed by atoms with Crippen LogP contribution in [0.4, 0.5) is 4.39 Å². The van der Waals surface area contributed by atoms with E-state index in [0.29, 0.717) is 0 Å². The Balaban J connectivity index is 1.79. The first kappa shape index (κ1) is 13.6. The molecule has 0 saturated heterocycles. The summed E-state index contributed by atoms with van der Waals surface area (Å²) >= 11 is 3.06. The van der Waals surface area contributed by atoms with Crippen LogP contribution in [0.2, 0.25) is 0 Å². The van der Waals surface area contributed by atoms with Crippen LogP contribution in [0.25, 0.3) is 16.2 Å². The molecule has 4 nitrogen and oxygen atoms in total. The van der Waals surface area contributed by atoms with E-state index < -0.39 is 0 Å². The number of aromatic nitrogens is 3. The standard InChI is InChI=1S/C15H11FN4S2/c16-10-4-1-3-9(7-10)11-8-18-15-20(11)19-14(22-15)13(17)12-5-2-6-21-12/h1-8,13H,17H2. The summed E-state index contributed by atoms with van der Waals surface area (Å²) < 4.78 is 15.1. The van der Waals surface area contributed by atoms with Crippen LogP contribution in [0.3, 0.4) is 0 Å². The van der Waals surface area contributed by atoms with E-state index >= 15 is 0 Å². The SMILES string of the molecule is NC(c1cccs1)c1nn2c(-c3cccc(F)c3)cnc2s1. The lowest BCUT2D eigenvalue weighted by Crippen LogP contribution is -2.10. The largest absolute Gasteiger partial charge is 0.318 e. The molecule has 0 fully saturated rings. The molecule has 4 rings (SSSR count). The average Bonchev–Trinajstić information content (AvgIpc) is 3.23. The number of rotatable bonds is 3. The summed E-state index contributed by atoms with van der Waals surface area (Å²) in [5.41, 5.74) is 7.76. The zero-order valence-electron chi connectivity index (χ0n) is 11.3. The second-order valence-electron chi connectivity index (χ2n) is 4.78. The number of hydrogen-bond acceptors (Lipinski definition) is 5. The van der Waals surface area contributed by atoms with Crippen LogP contribution in [0.15, 0.2) is 48.0 Å². The van der Waals surface area contributed by atoms with Gasteiger partial charge in [-0.15, -0.1) is 11.3 Å². The summed E-state index contributed by atoms with van der Waals surface area (Å²) in [6, 6.07) is 10.1. The summed E-state index contributed by atoms with van der Waals surface area (Å²) in [6.07, 6.45) is 1.70. The van der Waals surface area contributed by atoms with E-state index in [1.54, 1.807) is 28.1 Å². The van der Waals surface area contributed by atoms with E-state index in [1.807, 2.05) is 23.6 Å². The normalized spacial score (nSPS) is 12.8. The fourth-order valence-electron chi connectivity index (χ4n) is 2.27. The lowest BCUT2D eigenvalue weighted by atomic mass is 10.2. The molecular formula is C15H11FN4S2. The number of benzene rings is 1. The van der Waals surface area contributed by atoms with Crippen LogP contribution in [0, 0.1) is 5.82 Å². The Hall–Kier alpha value is -2.09. The minimum Gasteiger partial charge on any atom is -0.318 e. The van der Waals surface area contributed by atoms with E-state index in [1.165, 1.54) is 23.5 Å². The molecule has 0 aliphatic heterocycles. The Kier molecular flexibility index (Phi) is 3.25. The van der Waals surface area contributed by atoms with Crippen LogP contribution in [-0.4, -0.2) is 14.6 Å². The monoisotopic (exact) mass is 330 g/mol. The Bertz CT molecular complexity index is 926. The van der Waals surface area contributed by atoms with E-state index in [0.717, 1.165) is 26.1 Å². The summed E-state index contributed by atoms with van der Waals surface area (Å²) in [7, 11) is 0. The minimum absolute atomic E-state index is 0.257. The van der Waals surface area contributed by atoms with Gasteiger partial charge in [0.15, 0.2) is 0 Å². The van der Waals surface area contributed by atoms with Crippen molar-refractivity contribution in [1.82, 2.24) is 14.6 Å². The first-order valence-electron chi connectivity index (χ1n) is 6.62.